The lowest BCUT2D eigenvalue weighted by Gasteiger charge is -2.18. The number of hydrogen-bond donors (Lipinski definition) is 1. The van der Waals surface area contributed by atoms with E-state index >= 15 is 0 Å². The number of carbonyl (C=O) groups excluding carboxylic acids is 2. The molecule has 2 aromatic carbocycles. The summed E-state index contributed by atoms with van der Waals surface area (Å²) in [5.74, 6) is -2.90. The molecule has 1 N–H and O–H groups in total. The van der Waals surface area contributed by atoms with Gasteiger partial charge in [-0.2, -0.15) is 0 Å². The molecule has 8 heteroatoms. The van der Waals surface area contributed by atoms with Gasteiger partial charge in [0.2, 0.25) is 0 Å². The molecule has 29 heavy (non-hydrogen) atoms. The summed E-state index contributed by atoms with van der Waals surface area (Å²) in [6.45, 7) is 3.49. The highest BCUT2D eigenvalue weighted by Crippen LogP contribution is 2.29. The largest absolute Gasteiger partial charge is 0.488 e. The lowest BCUT2D eigenvalue weighted by atomic mass is 10.1. The van der Waals surface area contributed by atoms with Gasteiger partial charge in [-0.3, -0.25) is 14.5 Å². The molecular formula is C21H19BrF2N2O3. The summed E-state index contributed by atoms with van der Waals surface area (Å²) in [7, 11) is 0. The van der Waals surface area contributed by atoms with E-state index in [-0.39, 0.29) is 36.2 Å². The molecule has 0 saturated heterocycles. The van der Waals surface area contributed by atoms with Gasteiger partial charge >= 0.3 is 0 Å². The van der Waals surface area contributed by atoms with Crippen LogP contribution in [0, 0.1) is 11.6 Å². The van der Waals surface area contributed by atoms with E-state index in [2.05, 4.69) is 21.2 Å². The van der Waals surface area contributed by atoms with Crippen LogP contribution in [0.25, 0.3) is 0 Å². The molecule has 0 saturated carbocycles. The fourth-order valence-corrected chi connectivity index (χ4v) is 3.48. The SMILES string of the molecule is CCOC1=C(C(=O)N[C@H](C)c2cccc(Br)c2)CN(c2ccc(F)cc2F)C1=O. The molecule has 2 amide bonds. The van der Waals surface area contributed by atoms with Crippen LogP contribution in [0.5, 0.6) is 0 Å². The first kappa shape index (κ1) is 21.0. The van der Waals surface area contributed by atoms with Crippen molar-refractivity contribution in [1.82, 2.24) is 5.32 Å². The first-order chi connectivity index (χ1) is 13.8. The first-order valence-electron chi connectivity index (χ1n) is 9.01. The Hall–Kier alpha value is -2.74. The summed E-state index contributed by atoms with van der Waals surface area (Å²) in [4.78, 5) is 26.7. The van der Waals surface area contributed by atoms with Gasteiger partial charge in [0.15, 0.2) is 5.76 Å². The molecule has 152 valence electrons. The van der Waals surface area contributed by atoms with Crippen molar-refractivity contribution < 1.29 is 23.1 Å². The lowest BCUT2D eigenvalue weighted by molar-refractivity contribution is -0.120. The van der Waals surface area contributed by atoms with Gasteiger partial charge in [-0.1, -0.05) is 28.1 Å². The molecule has 0 aromatic heterocycles. The number of halogens is 3. The van der Waals surface area contributed by atoms with Crippen molar-refractivity contribution in [3.63, 3.8) is 0 Å². The van der Waals surface area contributed by atoms with Gasteiger partial charge in [0.1, 0.15) is 11.6 Å². The number of rotatable bonds is 6. The second kappa shape index (κ2) is 8.73. The normalized spacial score (nSPS) is 14.9. The summed E-state index contributed by atoms with van der Waals surface area (Å²) >= 11 is 3.39. The van der Waals surface area contributed by atoms with Crippen LogP contribution in [-0.2, 0) is 14.3 Å². The minimum atomic E-state index is -0.890. The molecule has 1 heterocycles. The molecule has 0 radical (unpaired) electrons. The van der Waals surface area contributed by atoms with Crippen LogP contribution in [0.3, 0.4) is 0 Å². The third-order valence-corrected chi connectivity index (χ3v) is 4.98. The van der Waals surface area contributed by atoms with Crippen molar-refractivity contribution in [2.45, 2.75) is 19.9 Å². The van der Waals surface area contributed by atoms with E-state index < -0.39 is 23.4 Å². The highest BCUT2D eigenvalue weighted by molar-refractivity contribution is 9.10. The maximum atomic E-state index is 14.2. The number of benzene rings is 2. The standard InChI is InChI=1S/C21H19BrF2N2O3/c1-3-29-19-16(20(27)25-12(2)13-5-4-6-14(22)9-13)11-26(21(19)28)18-8-7-15(23)10-17(18)24/h4-10,12H,3,11H2,1-2H3,(H,25,27)/t12-/m1/s1. The van der Waals surface area contributed by atoms with E-state index in [1.807, 2.05) is 31.2 Å². The van der Waals surface area contributed by atoms with Gasteiger partial charge in [0, 0.05) is 10.5 Å². The number of anilines is 1. The van der Waals surface area contributed by atoms with E-state index in [1.54, 1.807) is 6.92 Å². The lowest BCUT2D eigenvalue weighted by Crippen LogP contribution is -2.32. The van der Waals surface area contributed by atoms with Gasteiger partial charge in [-0.05, 0) is 43.7 Å². The van der Waals surface area contributed by atoms with E-state index in [0.29, 0.717) is 6.07 Å². The smallest absolute Gasteiger partial charge is 0.294 e. The summed E-state index contributed by atoms with van der Waals surface area (Å²) in [6.07, 6.45) is 0. The number of amides is 2. The number of nitrogens with one attached hydrogen (secondary N) is 1. The van der Waals surface area contributed by atoms with Gasteiger partial charge < -0.3 is 10.1 Å². The van der Waals surface area contributed by atoms with Crippen LogP contribution < -0.4 is 10.2 Å². The Morgan fingerprint density at radius 2 is 2.03 bits per heavy atom. The molecular weight excluding hydrogens is 446 g/mol. The van der Waals surface area contributed by atoms with Crippen molar-refractivity contribution in [3.05, 3.63) is 75.5 Å². The zero-order valence-corrected chi connectivity index (χ0v) is 17.4. The molecule has 0 unspecified atom stereocenters. The molecule has 0 fully saturated rings. The van der Waals surface area contributed by atoms with Crippen LogP contribution in [0.15, 0.2) is 58.3 Å². The summed E-state index contributed by atoms with van der Waals surface area (Å²) in [5, 5.41) is 2.84. The second-order valence-electron chi connectivity index (χ2n) is 6.48. The Kier molecular flexibility index (Phi) is 6.32. The van der Waals surface area contributed by atoms with Crippen LogP contribution in [0.2, 0.25) is 0 Å². The van der Waals surface area contributed by atoms with Crippen LogP contribution in [0.4, 0.5) is 14.5 Å². The maximum Gasteiger partial charge on any atom is 0.294 e. The van der Waals surface area contributed by atoms with Gasteiger partial charge in [0.05, 0.1) is 30.5 Å². The fourth-order valence-electron chi connectivity index (χ4n) is 3.06. The molecule has 1 aliphatic heterocycles. The Balaban J connectivity index is 1.85. The van der Waals surface area contributed by atoms with Gasteiger partial charge in [-0.25, -0.2) is 8.78 Å². The van der Waals surface area contributed by atoms with Crippen molar-refractivity contribution >= 4 is 33.4 Å². The van der Waals surface area contributed by atoms with E-state index in [9.17, 15) is 18.4 Å². The number of ether oxygens (including phenoxy) is 1. The molecule has 1 aliphatic rings. The highest BCUT2D eigenvalue weighted by Gasteiger charge is 2.37. The van der Waals surface area contributed by atoms with Crippen molar-refractivity contribution in [1.29, 1.82) is 0 Å². The summed E-state index contributed by atoms with van der Waals surface area (Å²) in [6, 6.07) is 10.1. The quantitative estimate of drug-likeness (QED) is 0.695. The zero-order valence-electron chi connectivity index (χ0n) is 15.8. The first-order valence-corrected chi connectivity index (χ1v) is 9.80. The predicted molar refractivity (Wildman–Crippen MR) is 108 cm³/mol. The molecule has 3 rings (SSSR count). The van der Waals surface area contributed by atoms with Crippen LogP contribution in [-0.4, -0.2) is 25.0 Å². The van der Waals surface area contributed by atoms with Crippen LogP contribution >= 0.6 is 15.9 Å². The van der Waals surface area contributed by atoms with E-state index in [0.717, 1.165) is 27.1 Å². The van der Waals surface area contributed by atoms with Gasteiger partial charge in [-0.15, -0.1) is 0 Å². The average molecular weight is 465 g/mol. The monoisotopic (exact) mass is 464 g/mol. The fraction of sp³-hybridized carbons (Fsp3) is 0.238. The van der Waals surface area contributed by atoms with Gasteiger partial charge in [0.25, 0.3) is 11.8 Å². The summed E-state index contributed by atoms with van der Waals surface area (Å²) in [5.41, 5.74) is 0.857. The number of nitrogens with zero attached hydrogens (tertiary/aromatic N) is 1. The number of carbonyl (C=O) groups is 2. The minimum absolute atomic E-state index is 0.0995. The Morgan fingerprint density at radius 3 is 2.69 bits per heavy atom. The molecule has 1 atom stereocenters. The molecule has 5 nitrogen and oxygen atoms in total. The number of hydrogen-bond acceptors (Lipinski definition) is 3. The van der Waals surface area contributed by atoms with E-state index in [4.69, 9.17) is 4.74 Å². The van der Waals surface area contributed by atoms with Crippen molar-refractivity contribution in [2.75, 3.05) is 18.1 Å². The minimum Gasteiger partial charge on any atom is -0.488 e. The molecule has 0 aliphatic carbocycles. The topological polar surface area (TPSA) is 58.6 Å². The van der Waals surface area contributed by atoms with Crippen LogP contribution in [0.1, 0.15) is 25.5 Å². The van der Waals surface area contributed by atoms with Crippen molar-refractivity contribution in [2.24, 2.45) is 0 Å². The predicted octanol–water partition coefficient (Wildman–Crippen LogP) is 4.24. The Labute approximate surface area is 175 Å². The highest BCUT2D eigenvalue weighted by atomic mass is 79.9. The Bertz CT molecular complexity index is 994. The molecule has 2 aromatic rings. The maximum absolute atomic E-state index is 14.2. The zero-order chi connectivity index (χ0) is 21.1. The molecule has 0 spiro atoms. The van der Waals surface area contributed by atoms with Crippen molar-refractivity contribution in [3.8, 4) is 0 Å². The third kappa shape index (κ3) is 4.48. The molecule has 0 bridgehead atoms. The average Bonchev–Trinajstić information content (AvgIpc) is 2.99. The third-order valence-electron chi connectivity index (χ3n) is 4.49. The van der Waals surface area contributed by atoms with E-state index in [1.165, 1.54) is 0 Å². The Morgan fingerprint density at radius 1 is 1.28 bits per heavy atom. The summed E-state index contributed by atoms with van der Waals surface area (Å²) < 4.78 is 33.7. The second-order valence-corrected chi connectivity index (χ2v) is 7.39.